The zero-order valence-electron chi connectivity index (χ0n) is 10.4. The predicted octanol–water partition coefficient (Wildman–Crippen LogP) is 5.08. The number of fused-ring (bicyclic) bond motifs is 10. The van der Waals surface area contributed by atoms with Crippen molar-refractivity contribution in [2.45, 2.75) is 0 Å². The Morgan fingerprint density at radius 3 is 1.81 bits per heavy atom. The minimum atomic E-state index is 1.02. The molecule has 0 fully saturated rings. The first kappa shape index (κ1) is 10.7. The molecule has 0 aliphatic carbocycles. The van der Waals surface area contributed by atoms with Crippen LogP contribution in [-0.2, 0) is 0 Å². The fourth-order valence-electron chi connectivity index (χ4n) is 3.16. The Morgan fingerprint density at radius 1 is 0.762 bits per heavy atom. The average Bonchev–Trinajstić information content (AvgIpc) is 3.22. The lowest BCUT2D eigenvalue weighted by atomic mass is 10.1. The highest BCUT2D eigenvalue weighted by atomic mass is 32.1. The molecule has 0 aliphatic rings. The molecular weight excluding hydrogens is 320 g/mol. The third kappa shape index (κ3) is 1.13. The highest BCUT2D eigenvalue weighted by Gasteiger charge is 2.20. The Balaban J connectivity index is 2.12. The summed E-state index contributed by atoms with van der Waals surface area (Å²) in [4.78, 5) is 11.9. The highest BCUT2D eigenvalue weighted by molar-refractivity contribution is 7.17. The van der Waals surface area contributed by atoms with E-state index in [1.807, 2.05) is 0 Å². The SMILES string of the molecule is c1cc2c(nc3c4nc5sccc5c4c4[nH]s[nH]c4c23)s1. The fraction of sp³-hybridized carbons (Fsp3) is 0. The van der Waals surface area contributed by atoms with Gasteiger partial charge in [-0.2, -0.15) is 0 Å². The zero-order chi connectivity index (χ0) is 13.6. The maximum Gasteiger partial charge on any atom is 0.124 e. The van der Waals surface area contributed by atoms with Crippen molar-refractivity contribution >= 4 is 87.7 Å². The third-order valence-corrected chi connectivity index (χ3v) is 6.23. The molecule has 5 heterocycles. The van der Waals surface area contributed by atoms with Gasteiger partial charge in [-0.3, -0.25) is 8.75 Å². The number of aromatic amines is 2. The maximum absolute atomic E-state index is 4.84. The number of hydrogen-bond acceptors (Lipinski definition) is 5. The summed E-state index contributed by atoms with van der Waals surface area (Å²) in [5, 5.41) is 9.01. The highest BCUT2D eigenvalue weighted by Crippen LogP contribution is 2.42. The maximum atomic E-state index is 4.84. The number of thiophene rings is 2. The van der Waals surface area contributed by atoms with Crippen LogP contribution in [0.5, 0.6) is 0 Å². The van der Waals surface area contributed by atoms with E-state index in [2.05, 4.69) is 31.6 Å². The van der Waals surface area contributed by atoms with Crippen molar-refractivity contribution in [2.24, 2.45) is 0 Å². The van der Waals surface area contributed by atoms with Gasteiger partial charge in [-0.15, -0.1) is 22.7 Å². The van der Waals surface area contributed by atoms with Crippen molar-refractivity contribution < 1.29 is 0 Å². The summed E-state index contributed by atoms with van der Waals surface area (Å²) < 4.78 is 6.79. The number of benzene rings is 1. The van der Waals surface area contributed by atoms with Crippen LogP contribution in [0.25, 0.3) is 53.3 Å². The topological polar surface area (TPSA) is 57.4 Å². The molecule has 2 N–H and O–H groups in total. The molecule has 6 rings (SSSR count). The molecule has 0 saturated heterocycles. The van der Waals surface area contributed by atoms with Crippen LogP contribution in [0.3, 0.4) is 0 Å². The second-order valence-corrected chi connectivity index (χ2v) is 7.41. The average molecular weight is 326 g/mol. The minimum Gasteiger partial charge on any atom is -0.294 e. The van der Waals surface area contributed by atoms with Gasteiger partial charge >= 0.3 is 0 Å². The zero-order valence-corrected chi connectivity index (χ0v) is 12.9. The Morgan fingerprint density at radius 2 is 1.29 bits per heavy atom. The molecule has 0 saturated carbocycles. The smallest absolute Gasteiger partial charge is 0.124 e. The Hall–Kier alpha value is -1.96. The van der Waals surface area contributed by atoms with Gasteiger partial charge in [-0.1, -0.05) is 0 Å². The Labute approximate surface area is 129 Å². The van der Waals surface area contributed by atoms with Crippen molar-refractivity contribution in [3.63, 3.8) is 0 Å². The summed E-state index contributed by atoms with van der Waals surface area (Å²) in [5.41, 5.74) is 4.32. The summed E-state index contributed by atoms with van der Waals surface area (Å²) >= 11 is 4.88. The first-order chi connectivity index (χ1) is 10.4. The molecule has 0 amide bonds. The van der Waals surface area contributed by atoms with Crippen LogP contribution in [-0.4, -0.2) is 18.7 Å². The molecular formula is C14H6N4S3. The number of aromatic nitrogens is 4. The lowest BCUT2D eigenvalue weighted by Gasteiger charge is -1.96. The molecule has 1 aromatic carbocycles. The van der Waals surface area contributed by atoms with E-state index in [-0.39, 0.29) is 0 Å². The van der Waals surface area contributed by atoms with Gasteiger partial charge in [0.05, 0.1) is 11.0 Å². The van der Waals surface area contributed by atoms with Crippen LogP contribution in [0.2, 0.25) is 0 Å². The van der Waals surface area contributed by atoms with E-state index in [0.717, 1.165) is 31.7 Å². The van der Waals surface area contributed by atoms with Crippen LogP contribution in [0.1, 0.15) is 0 Å². The molecule has 0 spiro atoms. The van der Waals surface area contributed by atoms with E-state index < -0.39 is 0 Å². The van der Waals surface area contributed by atoms with E-state index in [4.69, 9.17) is 9.97 Å². The van der Waals surface area contributed by atoms with Gasteiger partial charge < -0.3 is 0 Å². The van der Waals surface area contributed by atoms with Gasteiger partial charge in [0.25, 0.3) is 0 Å². The van der Waals surface area contributed by atoms with Gasteiger partial charge in [0.1, 0.15) is 20.7 Å². The molecule has 6 aromatic rings. The van der Waals surface area contributed by atoms with Crippen molar-refractivity contribution in [2.75, 3.05) is 0 Å². The van der Waals surface area contributed by atoms with Crippen LogP contribution in [0, 0.1) is 0 Å². The van der Waals surface area contributed by atoms with Crippen LogP contribution < -0.4 is 0 Å². The van der Waals surface area contributed by atoms with Crippen molar-refractivity contribution in [3.05, 3.63) is 22.9 Å². The van der Waals surface area contributed by atoms with Gasteiger partial charge in [-0.05, 0) is 22.9 Å². The first-order valence-corrected chi connectivity index (χ1v) is 9.00. The van der Waals surface area contributed by atoms with Crippen molar-refractivity contribution in [1.29, 1.82) is 0 Å². The van der Waals surface area contributed by atoms with E-state index in [1.165, 1.54) is 33.3 Å². The Kier molecular flexibility index (Phi) is 1.75. The standard InChI is InChI=1S/C14H6N4S3/c1-3-19-13-5(1)7-9(15-13)10-8(12-11(7)17-21-18-12)6-2-4-20-14(6)16-10/h1-4,17-18H. The molecule has 100 valence electrons. The second kappa shape index (κ2) is 3.44. The first-order valence-electron chi connectivity index (χ1n) is 6.43. The summed E-state index contributed by atoms with van der Waals surface area (Å²) in [7, 11) is 0. The minimum absolute atomic E-state index is 1.02. The monoisotopic (exact) mass is 326 g/mol. The molecule has 0 aliphatic heterocycles. The molecule has 4 nitrogen and oxygen atoms in total. The van der Waals surface area contributed by atoms with Crippen LogP contribution >= 0.6 is 34.4 Å². The largest absolute Gasteiger partial charge is 0.294 e. The molecule has 21 heavy (non-hydrogen) atoms. The van der Waals surface area contributed by atoms with Crippen LogP contribution in [0.15, 0.2) is 22.9 Å². The van der Waals surface area contributed by atoms with E-state index in [9.17, 15) is 0 Å². The lowest BCUT2D eigenvalue weighted by Crippen LogP contribution is -1.78. The van der Waals surface area contributed by atoms with Gasteiger partial charge in [0.15, 0.2) is 0 Å². The van der Waals surface area contributed by atoms with Gasteiger partial charge in [0, 0.05) is 33.3 Å². The number of nitrogens with one attached hydrogen (secondary N) is 2. The number of rotatable bonds is 0. The number of nitrogens with zero attached hydrogens (tertiary/aromatic N) is 2. The molecule has 7 heteroatoms. The van der Waals surface area contributed by atoms with Crippen molar-refractivity contribution in [3.8, 4) is 0 Å². The summed E-state index contributed by atoms with van der Waals surface area (Å²) in [6, 6.07) is 4.30. The number of hydrogen-bond donors (Lipinski definition) is 2. The van der Waals surface area contributed by atoms with E-state index in [1.54, 1.807) is 22.7 Å². The number of H-pyrrole nitrogens is 2. The normalized spacial score (nSPS) is 12.8. The van der Waals surface area contributed by atoms with Gasteiger partial charge in [0.2, 0.25) is 0 Å². The second-order valence-electron chi connectivity index (χ2n) is 5.01. The molecule has 0 bridgehead atoms. The van der Waals surface area contributed by atoms with Gasteiger partial charge in [-0.25, -0.2) is 9.97 Å². The molecule has 0 atom stereocenters. The summed E-state index contributed by atoms with van der Waals surface area (Å²) in [5.74, 6) is 0. The Bertz CT molecular complexity index is 1190. The predicted molar refractivity (Wildman–Crippen MR) is 91.9 cm³/mol. The van der Waals surface area contributed by atoms with E-state index >= 15 is 0 Å². The molecule has 0 radical (unpaired) electrons. The van der Waals surface area contributed by atoms with Crippen LogP contribution in [0.4, 0.5) is 0 Å². The fourth-order valence-corrected chi connectivity index (χ4v) is 5.37. The third-order valence-electron chi connectivity index (χ3n) is 4.01. The molecule has 0 unspecified atom stereocenters. The van der Waals surface area contributed by atoms with E-state index in [0.29, 0.717) is 0 Å². The summed E-state index contributed by atoms with van der Waals surface area (Å²) in [6.45, 7) is 0. The molecule has 5 aromatic heterocycles. The summed E-state index contributed by atoms with van der Waals surface area (Å²) in [6.07, 6.45) is 0. The quantitative estimate of drug-likeness (QED) is 0.409. The van der Waals surface area contributed by atoms with Crippen molar-refractivity contribution in [1.82, 2.24) is 18.7 Å². The lowest BCUT2D eigenvalue weighted by molar-refractivity contribution is 1.55.